The van der Waals surface area contributed by atoms with Gasteiger partial charge in [-0.15, -0.1) is 0 Å². The topological polar surface area (TPSA) is 89.3 Å². The first-order chi connectivity index (χ1) is 13.3. The lowest BCUT2D eigenvalue weighted by Gasteiger charge is -2.27. The van der Waals surface area contributed by atoms with Crippen molar-refractivity contribution in [3.63, 3.8) is 0 Å². The number of halogens is 3. The molecule has 8 heteroatoms. The fraction of sp³-hybridized carbons (Fsp3) is 0.100. The van der Waals surface area contributed by atoms with E-state index in [2.05, 4.69) is 0 Å². The van der Waals surface area contributed by atoms with Crippen LogP contribution >= 0.6 is 0 Å². The highest BCUT2D eigenvalue weighted by molar-refractivity contribution is 5.85. The lowest BCUT2D eigenvalue weighted by Crippen LogP contribution is -2.21. The molecule has 1 atom stereocenters. The van der Waals surface area contributed by atoms with Crippen LogP contribution in [0.5, 0.6) is 5.75 Å². The minimum absolute atomic E-state index is 0.0197. The average Bonchev–Trinajstić information content (AvgIpc) is 2.66. The van der Waals surface area contributed by atoms with Crippen LogP contribution in [0, 0.1) is 11.3 Å². The molecule has 0 radical (unpaired) electrons. The fourth-order valence-electron chi connectivity index (χ4n) is 3.28. The number of hydrogen-bond donors (Lipinski definition) is 1. The Bertz CT molecular complexity index is 1220. The van der Waals surface area contributed by atoms with Gasteiger partial charge in [0.25, 0.3) is 0 Å². The monoisotopic (exact) mass is 384 g/mol. The SMILES string of the molecule is N#CC1=C(N)Oc2ccc3ccc(=O)oc3c2C1c1ccc(C(F)(F)F)cc1. The normalized spacial score (nSPS) is 16.4. The van der Waals surface area contributed by atoms with Crippen molar-refractivity contribution >= 4 is 11.0 Å². The van der Waals surface area contributed by atoms with Gasteiger partial charge in [-0.25, -0.2) is 4.79 Å². The van der Waals surface area contributed by atoms with E-state index in [4.69, 9.17) is 14.9 Å². The highest BCUT2D eigenvalue weighted by atomic mass is 19.4. The summed E-state index contributed by atoms with van der Waals surface area (Å²) < 4.78 is 49.6. The first-order valence-corrected chi connectivity index (χ1v) is 8.11. The number of ether oxygens (including phenoxy) is 1. The van der Waals surface area contributed by atoms with E-state index >= 15 is 0 Å². The van der Waals surface area contributed by atoms with Gasteiger partial charge in [-0.2, -0.15) is 18.4 Å². The molecule has 1 aliphatic heterocycles. The van der Waals surface area contributed by atoms with E-state index < -0.39 is 23.3 Å². The van der Waals surface area contributed by atoms with Crippen LogP contribution in [0.2, 0.25) is 0 Å². The molecule has 2 N–H and O–H groups in total. The molecule has 0 bridgehead atoms. The van der Waals surface area contributed by atoms with Crippen molar-refractivity contribution in [2.24, 2.45) is 5.73 Å². The summed E-state index contributed by atoms with van der Waals surface area (Å²) in [5.74, 6) is -0.731. The van der Waals surface area contributed by atoms with Gasteiger partial charge in [-0.3, -0.25) is 0 Å². The zero-order chi connectivity index (χ0) is 20.1. The van der Waals surface area contributed by atoms with Crippen molar-refractivity contribution in [2.75, 3.05) is 0 Å². The first kappa shape index (κ1) is 17.7. The second-order valence-electron chi connectivity index (χ2n) is 6.19. The molecule has 140 valence electrons. The maximum Gasteiger partial charge on any atom is 0.416 e. The number of hydrogen-bond acceptors (Lipinski definition) is 5. The Balaban J connectivity index is 1.99. The lowest BCUT2D eigenvalue weighted by atomic mass is 9.82. The number of nitrogens with two attached hydrogens (primary N) is 1. The summed E-state index contributed by atoms with van der Waals surface area (Å²) in [5.41, 5.74) is 5.40. The molecule has 3 aromatic rings. The van der Waals surface area contributed by atoms with Crippen molar-refractivity contribution in [1.82, 2.24) is 0 Å². The van der Waals surface area contributed by atoms with Gasteiger partial charge in [-0.05, 0) is 35.9 Å². The molecule has 2 aromatic carbocycles. The van der Waals surface area contributed by atoms with Crippen LogP contribution in [-0.2, 0) is 6.18 Å². The molecule has 1 aromatic heterocycles. The minimum Gasteiger partial charge on any atom is -0.440 e. The molecule has 0 saturated carbocycles. The van der Waals surface area contributed by atoms with Crippen LogP contribution in [0.1, 0.15) is 22.6 Å². The molecule has 0 saturated heterocycles. The quantitative estimate of drug-likeness (QED) is 0.640. The van der Waals surface area contributed by atoms with Gasteiger partial charge in [-0.1, -0.05) is 12.1 Å². The number of benzene rings is 2. The molecule has 1 unspecified atom stereocenters. The lowest BCUT2D eigenvalue weighted by molar-refractivity contribution is -0.137. The van der Waals surface area contributed by atoms with Crippen molar-refractivity contribution in [3.05, 3.63) is 87.1 Å². The number of fused-ring (bicyclic) bond motifs is 3. The summed E-state index contributed by atoms with van der Waals surface area (Å²) in [6.45, 7) is 0. The molecule has 2 heterocycles. The van der Waals surface area contributed by atoms with E-state index in [-0.39, 0.29) is 22.8 Å². The summed E-state index contributed by atoms with van der Waals surface area (Å²) in [6, 6.07) is 12.4. The van der Waals surface area contributed by atoms with Crippen molar-refractivity contribution in [1.29, 1.82) is 5.26 Å². The van der Waals surface area contributed by atoms with Crippen LogP contribution in [0.25, 0.3) is 11.0 Å². The van der Waals surface area contributed by atoms with E-state index in [0.29, 0.717) is 16.5 Å². The highest BCUT2D eigenvalue weighted by Gasteiger charge is 2.35. The predicted molar refractivity (Wildman–Crippen MR) is 93.2 cm³/mol. The van der Waals surface area contributed by atoms with Gasteiger partial charge in [0.05, 0.1) is 17.0 Å². The van der Waals surface area contributed by atoms with Crippen molar-refractivity contribution in [3.8, 4) is 11.8 Å². The summed E-state index contributed by atoms with van der Waals surface area (Å²) in [5, 5.41) is 10.2. The molecule has 28 heavy (non-hydrogen) atoms. The Morgan fingerprint density at radius 1 is 1.04 bits per heavy atom. The molecule has 5 nitrogen and oxygen atoms in total. The van der Waals surface area contributed by atoms with Crippen LogP contribution in [0.4, 0.5) is 13.2 Å². The molecule has 4 rings (SSSR count). The summed E-state index contributed by atoms with van der Waals surface area (Å²) >= 11 is 0. The minimum atomic E-state index is -4.49. The number of rotatable bonds is 1. The van der Waals surface area contributed by atoms with Crippen molar-refractivity contribution in [2.45, 2.75) is 12.1 Å². The predicted octanol–water partition coefficient (Wildman–Crippen LogP) is 4.03. The number of nitrogens with zero attached hydrogens (tertiary/aromatic N) is 1. The van der Waals surface area contributed by atoms with Gasteiger partial charge in [0.2, 0.25) is 5.88 Å². The standard InChI is InChI=1S/C20H11F3N2O3/c21-20(22,23)12-5-1-10(2-6-12)16-13(9-24)19(25)27-14-7-3-11-4-8-15(26)28-18(11)17(14)16/h1-8,16H,25H2. The molecule has 0 aliphatic carbocycles. The van der Waals surface area contributed by atoms with Crippen molar-refractivity contribution < 1.29 is 22.3 Å². The Morgan fingerprint density at radius 2 is 1.71 bits per heavy atom. The smallest absolute Gasteiger partial charge is 0.416 e. The van der Waals surface area contributed by atoms with Gasteiger partial charge in [0, 0.05) is 11.5 Å². The van der Waals surface area contributed by atoms with E-state index in [1.807, 2.05) is 6.07 Å². The van der Waals surface area contributed by atoms with Gasteiger partial charge in [0.15, 0.2) is 0 Å². The Kier molecular flexibility index (Phi) is 3.89. The Hall–Kier alpha value is -3.73. The number of alkyl halides is 3. The highest BCUT2D eigenvalue weighted by Crippen LogP contribution is 2.45. The zero-order valence-electron chi connectivity index (χ0n) is 14.1. The van der Waals surface area contributed by atoms with Crippen LogP contribution < -0.4 is 16.1 Å². The van der Waals surface area contributed by atoms with Gasteiger partial charge >= 0.3 is 11.8 Å². The van der Waals surface area contributed by atoms with Crippen LogP contribution in [0.15, 0.2) is 69.2 Å². The van der Waals surface area contributed by atoms with E-state index in [1.165, 1.54) is 18.2 Å². The van der Waals surface area contributed by atoms with Gasteiger partial charge in [0.1, 0.15) is 23.0 Å². The Morgan fingerprint density at radius 3 is 2.36 bits per heavy atom. The zero-order valence-corrected chi connectivity index (χ0v) is 14.1. The molecular formula is C20H11F3N2O3. The molecule has 0 fully saturated rings. The summed E-state index contributed by atoms with van der Waals surface area (Å²) in [4.78, 5) is 11.7. The molecular weight excluding hydrogens is 373 g/mol. The fourth-order valence-corrected chi connectivity index (χ4v) is 3.28. The maximum atomic E-state index is 12.9. The van der Waals surface area contributed by atoms with Crippen LogP contribution in [-0.4, -0.2) is 0 Å². The summed E-state index contributed by atoms with van der Waals surface area (Å²) in [7, 11) is 0. The average molecular weight is 384 g/mol. The third-order valence-corrected chi connectivity index (χ3v) is 4.54. The van der Waals surface area contributed by atoms with Gasteiger partial charge < -0.3 is 14.9 Å². The Labute approximate surface area is 156 Å². The van der Waals surface area contributed by atoms with E-state index in [0.717, 1.165) is 12.1 Å². The number of nitriles is 1. The third-order valence-electron chi connectivity index (χ3n) is 4.54. The van der Waals surface area contributed by atoms with E-state index in [1.54, 1.807) is 18.2 Å². The molecule has 1 aliphatic rings. The number of allylic oxidation sites excluding steroid dienone is 1. The molecule has 0 spiro atoms. The van der Waals surface area contributed by atoms with E-state index in [9.17, 15) is 23.2 Å². The van der Waals surface area contributed by atoms with Crippen LogP contribution in [0.3, 0.4) is 0 Å². The maximum absolute atomic E-state index is 12.9. The second-order valence-corrected chi connectivity index (χ2v) is 6.19. The third kappa shape index (κ3) is 2.77. The largest absolute Gasteiger partial charge is 0.440 e. The first-order valence-electron chi connectivity index (χ1n) is 8.11. The molecule has 0 amide bonds. The second kappa shape index (κ2) is 6.16. The summed E-state index contributed by atoms with van der Waals surface area (Å²) in [6.07, 6.45) is -4.49.